The van der Waals surface area contributed by atoms with E-state index >= 15 is 0 Å². The molecule has 5 heteroatoms. The molecule has 2 N–H and O–H groups in total. The molecule has 0 aliphatic carbocycles. The van der Waals surface area contributed by atoms with Crippen molar-refractivity contribution in [3.05, 3.63) is 29.8 Å². The van der Waals surface area contributed by atoms with Crippen molar-refractivity contribution in [1.82, 2.24) is 0 Å². The number of nitrogens with zero attached hydrogens (tertiary/aromatic N) is 1. The van der Waals surface area contributed by atoms with Gasteiger partial charge in [0.2, 0.25) is 5.84 Å². The molecule has 0 aliphatic heterocycles. The number of amidine groups is 1. The molecule has 0 atom stereocenters. The van der Waals surface area contributed by atoms with Crippen molar-refractivity contribution >= 4 is 17.5 Å². The van der Waals surface area contributed by atoms with Crippen LogP contribution in [0.1, 0.15) is 12.5 Å². The van der Waals surface area contributed by atoms with E-state index in [1.165, 1.54) is 0 Å². The molecule has 0 heterocycles. The Morgan fingerprint density at radius 1 is 1.56 bits per heavy atom. The molecule has 0 aromatic heterocycles. The first-order valence-electron chi connectivity index (χ1n) is 4.87. The Morgan fingerprint density at radius 3 is 2.81 bits per heavy atom. The van der Waals surface area contributed by atoms with Gasteiger partial charge in [0.15, 0.2) is 0 Å². The van der Waals surface area contributed by atoms with E-state index < -0.39 is 11.8 Å². The van der Waals surface area contributed by atoms with Crippen molar-refractivity contribution < 1.29 is 14.7 Å². The zero-order valence-corrected chi connectivity index (χ0v) is 9.23. The minimum Gasteiger partial charge on any atom is -0.460 e. The summed E-state index contributed by atoms with van der Waals surface area (Å²) in [7, 11) is 0. The van der Waals surface area contributed by atoms with Gasteiger partial charge in [-0.05, 0) is 31.5 Å². The summed E-state index contributed by atoms with van der Waals surface area (Å²) in [6, 6.07) is 6.84. The summed E-state index contributed by atoms with van der Waals surface area (Å²) in [5.41, 5.74) is 1.28. The summed E-state index contributed by atoms with van der Waals surface area (Å²) in [5, 5.41) is 17.5. The molecule has 0 amide bonds. The lowest BCUT2D eigenvalue weighted by atomic mass is 10.2. The number of aryl methyl sites for hydroxylation is 1. The molecule has 86 valence electrons. The number of carbonyl (C=O) groups excluding carboxylic acids is 1. The highest BCUT2D eigenvalue weighted by Gasteiger charge is 2.18. The third-order valence-electron chi connectivity index (χ3n) is 1.93. The first-order chi connectivity index (χ1) is 7.56. The average molecular weight is 222 g/mol. The Bertz CT molecular complexity index is 404. The number of esters is 1. The molecular formula is C11H14N2O3. The van der Waals surface area contributed by atoms with Crippen LogP contribution in [0.5, 0.6) is 0 Å². The SMILES string of the molecule is CCOC(=O)C(=N)N(O)c1cccc(C)c1. The third-order valence-corrected chi connectivity index (χ3v) is 1.93. The quantitative estimate of drug-likeness (QED) is 0.346. The number of hydrogen-bond acceptors (Lipinski definition) is 4. The maximum atomic E-state index is 11.2. The molecular weight excluding hydrogens is 208 g/mol. The second-order valence-electron chi connectivity index (χ2n) is 3.22. The van der Waals surface area contributed by atoms with Crippen molar-refractivity contribution in [3.63, 3.8) is 0 Å². The first kappa shape index (κ1) is 12.2. The van der Waals surface area contributed by atoms with Crippen molar-refractivity contribution in [2.45, 2.75) is 13.8 Å². The van der Waals surface area contributed by atoms with Crippen LogP contribution in [-0.4, -0.2) is 23.6 Å². The van der Waals surface area contributed by atoms with Gasteiger partial charge in [-0.1, -0.05) is 12.1 Å². The van der Waals surface area contributed by atoms with Crippen molar-refractivity contribution in [2.75, 3.05) is 11.7 Å². The Balaban J connectivity index is 2.82. The minimum absolute atomic E-state index is 0.170. The molecule has 0 bridgehead atoms. The lowest BCUT2D eigenvalue weighted by molar-refractivity contribution is -0.135. The normalized spacial score (nSPS) is 9.69. The summed E-state index contributed by atoms with van der Waals surface area (Å²) in [6.07, 6.45) is 0. The van der Waals surface area contributed by atoms with Crippen LogP contribution in [0.3, 0.4) is 0 Å². The molecule has 0 radical (unpaired) electrons. The minimum atomic E-state index is -0.855. The Labute approximate surface area is 93.7 Å². The van der Waals surface area contributed by atoms with Crippen LogP contribution < -0.4 is 5.06 Å². The van der Waals surface area contributed by atoms with Crippen LogP contribution in [-0.2, 0) is 9.53 Å². The zero-order chi connectivity index (χ0) is 12.1. The van der Waals surface area contributed by atoms with Crippen LogP contribution >= 0.6 is 0 Å². The number of anilines is 1. The summed E-state index contributed by atoms with van der Waals surface area (Å²) < 4.78 is 4.61. The number of hydroxylamine groups is 1. The van der Waals surface area contributed by atoms with Gasteiger partial charge in [-0.15, -0.1) is 0 Å². The predicted octanol–water partition coefficient (Wildman–Crippen LogP) is 1.73. The van der Waals surface area contributed by atoms with Gasteiger partial charge in [0.1, 0.15) is 0 Å². The Kier molecular flexibility index (Phi) is 4.02. The molecule has 0 unspecified atom stereocenters. The van der Waals surface area contributed by atoms with Crippen LogP contribution in [0.4, 0.5) is 5.69 Å². The van der Waals surface area contributed by atoms with Crippen LogP contribution in [0, 0.1) is 12.3 Å². The van der Waals surface area contributed by atoms with E-state index in [1.807, 2.05) is 13.0 Å². The Morgan fingerprint density at radius 2 is 2.25 bits per heavy atom. The van der Waals surface area contributed by atoms with Gasteiger partial charge in [0.25, 0.3) is 0 Å². The second-order valence-corrected chi connectivity index (χ2v) is 3.22. The summed E-state index contributed by atoms with van der Waals surface area (Å²) in [4.78, 5) is 11.2. The fourth-order valence-electron chi connectivity index (χ4n) is 1.17. The third kappa shape index (κ3) is 2.80. The van der Waals surface area contributed by atoms with E-state index in [0.717, 1.165) is 5.56 Å². The van der Waals surface area contributed by atoms with E-state index in [-0.39, 0.29) is 6.61 Å². The van der Waals surface area contributed by atoms with Gasteiger partial charge in [0, 0.05) is 0 Å². The number of carbonyl (C=O) groups is 1. The number of benzene rings is 1. The molecule has 0 fully saturated rings. The van der Waals surface area contributed by atoms with Gasteiger partial charge in [-0.2, -0.15) is 0 Å². The second kappa shape index (κ2) is 5.27. The molecule has 1 rings (SSSR count). The lowest BCUT2D eigenvalue weighted by Crippen LogP contribution is -2.34. The molecule has 1 aromatic rings. The summed E-state index contributed by atoms with van der Waals surface area (Å²) in [6.45, 7) is 3.66. The number of nitrogens with one attached hydrogen (secondary N) is 1. The van der Waals surface area contributed by atoms with Gasteiger partial charge in [0.05, 0.1) is 12.3 Å². The van der Waals surface area contributed by atoms with E-state index in [1.54, 1.807) is 25.1 Å². The fraction of sp³-hybridized carbons (Fsp3) is 0.273. The summed E-state index contributed by atoms with van der Waals surface area (Å²) >= 11 is 0. The fourth-order valence-corrected chi connectivity index (χ4v) is 1.17. The highest BCUT2D eigenvalue weighted by atomic mass is 16.5. The van der Waals surface area contributed by atoms with E-state index in [0.29, 0.717) is 10.8 Å². The van der Waals surface area contributed by atoms with Crippen LogP contribution in [0.15, 0.2) is 24.3 Å². The maximum absolute atomic E-state index is 11.2. The smallest absolute Gasteiger partial charge is 0.376 e. The largest absolute Gasteiger partial charge is 0.460 e. The highest BCUT2D eigenvalue weighted by Crippen LogP contribution is 2.14. The monoisotopic (exact) mass is 222 g/mol. The van der Waals surface area contributed by atoms with E-state index in [4.69, 9.17) is 5.41 Å². The van der Waals surface area contributed by atoms with Gasteiger partial charge in [-0.25, -0.2) is 9.86 Å². The molecule has 0 saturated carbocycles. The standard InChI is InChI=1S/C11H14N2O3/c1-3-16-11(14)10(12)13(15)9-6-4-5-8(2)7-9/h4-7,12,15H,3H2,1-2H3. The Hall–Kier alpha value is -1.88. The molecule has 0 aliphatic rings. The number of hydrogen-bond donors (Lipinski definition) is 2. The van der Waals surface area contributed by atoms with Crippen LogP contribution in [0.25, 0.3) is 0 Å². The predicted molar refractivity (Wildman–Crippen MR) is 59.8 cm³/mol. The highest BCUT2D eigenvalue weighted by molar-refractivity contribution is 6.38. The van der Waals surface area contributed by atoms with Gasteiger partial charge < -0.3 is 4.74 Å². The molecule has 0 spiro atoms. The van der Waals surface area contributed by atoms with Gasteiger partial charge in [-0.3, -0.25) is 10.6 Å². The van der Waals surface area contributed by atoms with E-state index in [2.05, 4.69) is 4.74 Å². The topological polar surface area (TPSA) is 73.6 Å². The summed E-state index contributed by atoms with van der Waals surface area (Å²) in [5.74, 6) is -1.46. The lowest BCUT2D eigenvalue weighted by Gasteiger charge is -2.16. The molecule has 1 aromatic carbocycles. The van der Waals surface area contributed by atoms with Crippen LogP contribution in [0.2, 0.25) is 0 Å². The molecule has 16 heavy (non-hydrogen) atoms. The van der Waals surface area contributed by atoms with Gasteiger partial charge >= 0.3 is 5.97 Å². The number of rotatable bonds is 2. The first-order valence-corrected chi connectivity index (χ1v) is 4.87. The number of ether oxygens (including phenoxy) is 1. The average Bonchev–Trinajstić information content (AvgIpc) is 2.27. The van der Waals surface area contributed by atoms with Crippen molar-refractivity contribution in [2.24, 2.45) is 0 Å². The zero-order valence-electron chi connectivity index (χ0n) is 9.23. The maximum Gasteiger partial charge on any atom is 0.376 e. The van der Waals surface area contributed by atoms with E-state index in [9.17, 15) is 10.0 Å². The molecule has 5 nitrogen and oxygen atoms in total. The van der Waals surface area contributed by atoms with Crippen molar-refractivity contribution in [1.29, 1.82) is 5.41 Å². The molecule has 0 saturated heterocycles. The van der Waals surface area contributed by atoms with Crippen molar-refractivity contribution in [3.8, 4) is 0 Å².